The van der Waals surface area contributed by atoms with Crippen LogP contribution in [0.1, 0.15) is 17.5 Å². The van der Waals surface area contributed by atoms with Crippen molar-refractivity contribution in [2.45, 2.75) is 19.1 Å². The number of carbonyl (C=O) groups excluding carboxylic acids is 3. The SMILES string of the molecule is COc1cc(/C=C2\SC(=S)N([C@@H]3CC(=O)N(CC(=O)O)C3=O)C2=O)ccc1OCc1ccc(F)cc1. The molecule has 186 valence electrons. The molecule has 0 saturated carbocycles. The molecule has 1 N–H and O–H groups in total. The summed E-state index contributed by atoms with van der Waals surface area (Å²) in [5.41, 5.74) is 1.37. The van der Waals surface area contributed by atoms with E-state index in [1.54, 1.807) is 36.4 Å². The highest BCUT2D eigenvalue weighted by molar-refractivity contribution is 8.26. The summed E-state index contributed by atoms with van der Waals surface area (Å²) < 4.78 is 24.4. The van der Waals surface area contributed by atoms with Gasteiger partial charge in [0.15, 0.2) is 11.5 Å². The summed E-state index contributed by atoms with van der Waals surface area (Å²) in [4.78, 5) is 50.7. The second kappa shape index (κ2) is 10.5. The van der Waals surface area contributed by atoms with E-state index >= 15 is 0 Å². The van der Waals surface area contributed by atoms with E-state index in [0.717, 1.165) is 22.2 Å². The van der Waals surface area contributed by atoms with Crippen LogP contribution in [0.25, 0.3) is 6.08 Å². The molecule has 1 atom stereocenters. The number of thioether (sulfide) groups is 1. The first kappa shape index (κ1) is 25.3. The minimum atomic E-state index is -1.33. The number of methoxy groups -OCH3 is 1. The van der Waals surface area contributed by atoms with Crippen LogP contribution < -0.4 is 9.47 Å². The molecule has 2 aromatic rings. The van der Waals surface area contributed by atoms with Crippen LogP contribution in [0.4, 0.5) is 4.39 Å². The third-order valence-electron chi connectivity index (χ3n) is 5.44. The number of halogens is 1. The average molecular weight is 531 g/mol. The average Bonchev–Trinajstić information content (AvgIpc) is 3.27. The number of aliphatic carboxylic acids is 1. The van der Waals surface area contributed by atoms with Crippen LogP contribution in [0, 0.1) is 5.82 Å². The van der Waals surface area contributed by atoms with E-state index in [0.29, 0.717) is 22.0 Å². The lowest BCUT2D eigenvalue weighted by Crippen LogP contribution is -2.45. The zero-order valence-corrected chi connectivity index (χ0v) is 20.4. The Kier molecular flexibility index (Phi) is 7.36. The fourth-order valence-corrected chi connectivity index (χ4v) is 5.06. The maximum Gasteiger partial charge on any atom is 0.323 e. The van der Waals surface area contributed by atoms with E-state index in [9.17, 15) is 23.6 Å². The number of carboxylic acids is 1. The van der Waals surface area contributed by atoms with Gasteiger partial charge in [-0.1, -0.05) is 42.2 Å². The van der Waals surface area contributed by atoms with Gasteiger partial charge in [-0.05, 0) is 41.5 Å². The van der Waals surface area contributed by atoms with Gasteiger partial charge in [0.1, 0.15) is 29.3 Å². The number of benzene rings is 2. The normalized spacial score (nSPS) is 18.9. The van der Waals surface area contributed by atoms with Gasteiger partial charge in [0.25, 0.3) is 11.8 Å². The molecule has 0 aliphatic carbocycles. The molecular weight excluding hydrogens is 511 g/mol. The molecule has 2 heterocycles. The van der Waals surface area contributed by atoms with Crippen molar-refractivity contribution in [1.82, 2.24) is 9.80 Å². The molecule has 2 saturated heterocycles. The second-order valence-corrected chi connectivity index (χ2v) is 9.48. The Morgan fingerprint density at radius 1 is 1.19 bits per heavy atom. The molecule has 0 radical (unpaired) electrons. The van der Waals surface area contributed by atoms with Crippen LogP contribution in [-0.2, 0) is 25.8 Å². The van der Waals surface area contributed by atoms with E-state index in [1.165, 1.54) is 19.2 Å². The van der Waals surface area contributed by atoms with Gasteiger partial charge in [0.2, 0.25) is 5.91 Å². The first-order chi connectivity index (χ1) is 17.2. The number of imide groups is 1. The van der Waals surface area contributed by atoms with E-state index < -0.39 is 36.3 Å². The Morgan fingerprint density at radius 3 is 2.58 bits per heavy atom. The smallest absolute Gasteiger partial charge is 0.323 e. The number of thiocarbonyl (C=S) groups is 1. The molecule has 0 aromatic heterocycles. The number of amides is 3. The number of nitrogens with zero attached hydrogens (tertiary/aromatic N) is 2. The molecule has 36 heavy (non-hydrogen) atoms. The van der Waals surface area contributed by atoms with Gasteiger partial charge >= 0.3 is 5.97 Å². The molecule has 0 unspecified atom stereocenters. The third kappa shape index (κ3) is 5.24. The van der Waals surface area contributed by atoms with Crippen LogP contribution in [0.3, 0.4) is 0 Å². The van der Waals surface area contributed by atoms with E-state index in [1.807, 2.05) is 0 Å². The largest absolute Gasteiger partial charge is 0.493 e. The van der Waals surface area contributed by atoms with Crippen LogP contribution in [0.2, 0.25) is 0 Å². The highest BCUT2D eigenvalue weighted by atomic mass is 32.2. The summed E-state index contributed by atoms with van der Waals surface area (Å²) in [6.45, 7) is -0.574. The standard InChI is InChI=1S/C24H19FN2O7S2/c1-33-18-8-14(4-7-17(18)34-12-13-2-5-15(25)6-3-13)9-19-23(32)27(24(35)36-19)16-10-20(28)26(22(16)31)11-21(29)30/h2-9,16H,10-12H2,1H3,(H,29,30)/b19-9-/t16-/m1/s1. The van der Waals surface area contributed by atoms with Crippen molar-refractivity contribution < 1.29 is 38.1 Å². The number of likely N-dealkylation sites (tertiary alicyclic amines) is 1. The van der Waals surface area contributed by atoms with Gasteiger partial charge in [-0.3, -0.25) is 29.0 Å². The molecule has 2 aliphatic rings. The predicted octanol–water partition coefficient (Wildman–Crippen LogP) is 2.83. The lowest BCUT2D eigenvalue weighted by Gasteiger charge is -2.20. The summed E-state index contributed by atoms with van der Waals surface area (Å²) in [6, 6.07) is 9.76. The van der Waals surface area contributed by atoms with Crippen LogP contribution in [0.15, 0.2) is 47.4 Å². The van der Waals surface area contributed by atoms with E-state index in [2.05, 4.69) is 0 Å². The lowest BCUT2D eigenvalue weighted by atomic mass is 10.1. The van der Waals surface area contributed by atoms with Crippen molar-refractivity contribution in [3.8, 4) is 11.5 Å². The van der Waals surface area contributed by atoms with Gasteiger partial charge < -0.3 is 14.6 Å². The van der Waals surface area contributed by atoms with Crippen molar-refractivity contribution in [2.75, 3.05) is 13.7 Å². The number of carbonyl (C=O) groups is 4. The molecule has 4 rings (SSSR count). The first-order valence-electron chi connectivity index (χ1n) is 10.6. The Morgan fingerprint density at radius 2 is 1.92 bits per heavy atom. The summed E-state index contributed by atoms with van der Waals surface area (Å²) in [7, 11) is 1.47. The molecule has 0 bridgehead atoms. The number of hydrogen-bond acceptors (Lipinski definition) is 8. The quantitative estimate of drug-likeness (QED) is 0.313. The van der Waals surface area contributed by atoms with Gasteiger partial charge in [0.05, 0.1) is 18.4 Å². The Balaban J connectivity index is 1.50. The van der Waals surface area contributed by atoms with Crippen molar-refractivity contribution in [2.24, 2.45) is 0 Å². The third-order valence-corrected chi connectivity index (χ3v) is 6.77. The zero-order chi connectivity index (χ0) is 26.0. The molecule has 12 heteroatoms. The minimum Gasteiger partial charge on any atom is -0.493 e. The fraction of sp³-hybridized carbons (Fsp3) is 0.208. The van der Waals surface area contributed by atoms with Crippen LogP contribution in [-0.4, -0.2) is 62.6 Å². The molecule has 3 amide bonds. The fourth-order valence-electron chi connectivity index (χ4n) is 3.70. The first-order valence-corrected chi connectivity index (χ1v) is 11.8. The van der Waals surface area contributed by atoms with Crippen LogP contribution in [0.5, 0.6) is 11.5 Å². The van der Waals surface area contributed by atoms with Gasteiger partial charge in [-0.25, -0.2) is 4.39 Å². The maximum atomic E-state index is 13.1. The number of hydrogen-bond donors (Lipinski definition) is 1. The van der Waals surface area contributed by atoms with Crippen LogP contribution >= 0.6 is 24.0 Å². The predicted molar refractivity (Wildman–Crippen MR) is 131 cm³/mol. The summed E-state index contributed by atoms with van der Waals surface area (Å²) in [5, 5.41) is 8.94. The minimum absolute atomic E-state index is 0.0980. The monoisotopic (exact) mass is 530 g/mol. The lowest BCUT2D eigenvalue weighted by molar-refractivity contribution is -0.149. The molecular formula is C24H19FN2O7S2. The highest BCUT2D eigenvalue weighted by Crippen LogP contribution is 2.37. The Hall–Kier alpha value is -3.77. The number of rotatable bonds is 8. The van der Waals surface area contributed by atoms with Crippen molar-refractivity contribution >= 4 is 58.1 Å². The van der Waals surface area contributed by atoms with E-state index in [-0.39, 0.29) is 28.1 Å². The van der Waals surface area contributed by atoms with Crippen molar-refractivity contribution in [3.63, 3.8) is 0 Å². The number of carboxylic acid groups (broad SMARTS) is 1. The summed E-state index contributed by atoms with van der Waals surface area (Å²) >= 11 is 6.26. The number of ether oxygens (including phenoxy) is 2. The van der Waals surface area contributed by atoms with Crippen molar-refractivity contribution in [1.29, 1.82) is 0 Å². The molecule has 2 aliphatic heterocycles. The summed E-state index contributed by atoms with van der Waals surface area (Å²) in [5.74, 6) is -2.82. The second-order valence-electron chi connectivity index (χ2n) is 7.81. The highest BCUT2D eigenvalue weighted by Gasteiger charge is 2.48. The van der Waals surface area contributed by atoms with Gasteiger partial charge in [-0.2, -0.15) is 0 Å². The molecule has 9 nitrogen and oxygen atoms in total. The maximum absolute atomic E-state index is 13.1. The molecule has 2 aromatic carbocycles. The van der Waals surface area contributed by atoms with Gasteiger partial charge in [0, 0.05) is 0 Å². The summed E-state index contributed by atoms with van der Waals surface area (Å²) in [6.07, 6.45) is 1.24. The zero-order valence-electron chi connectivity index (χ0n) is 18.8. The Bertz CT molecular complexity index is 1300. The van der Waals surface area contributed by atoms with E-state index in [4.69, 9.17) is 26.8 Å². The molecule has 0 spiro atoms. The molecule has 2 fully saturated rings. The topological polar surface area (TPSA) is 113 Å². The van der Waals surface area contributed by atoms with Gasteiger partial charge in [-0.15, -0.1) is 0 Å². The Labute approximate surface area is 214 Å². The van der Waals surface area contributed by atoms with Crippen molar-refractivity contribution in [3.05, 3.63) is 64.3 Å².